The van der Waals surface area contributed by atoms with E-state index in [4.69, 9.17) is 9.47 Å². The molecular weight excluding hydrogens is 290 g/mol. The van der Waals surface area contributed by atoms with E-state index in [0.29, 0.717) is 5.56 Å². The minimum Gasteiger partial charge on any atom is -0.465 e. The average molecular weight is 307 g/mol. The molecule has 0 aliphatic heterocycles. The van der Waals surface area contributed by atoms with Gasteiger partial charge in [0.25, 0.3) is 5.69 Å². The van der Waals surface area contributed by atoms with Crippen molar-refractivity contribution < 1.29 is 24.0 Å². The zero-order valence-corrected chi connectivity index (χ0v) is 12.5. The Balaban J connectivity index is 2.39. The fourth-order valence-electron chi connectivity index (χ4n) is 2.69. The van der Waals surface area contributed by atoms with Gasteiger partial charge in [-0.25, -0.2) is 0 Å². The average Bonchev–Trinajstić information content (AvgIpc) is 2.87. The van der Waals surface area contributed by atoms with E-state index in [1.807, 2.05) is 0 Å². The van der Waals surface area contributed by atoms with Crippen molar-refractivity contribution >= 4 is 17.6 Å². The van der Waals surface area contributed by atoms with Crippen LogP contribution in [0.25, 0.3) is 0 Å². The molecule has 7 nitrogen and oxygen atoms in total. The van der Waals surface area contributed by atoms with Gasteiger partial charge in [-0.15, -0.1) is 0 Å². The Bertz CT molecular complexity index is 606. The van der Waals surface area contributed by atoms with E-state index in [-0.39, 0.29) is 31.7 Å². The molecule has 0 unspecified atom stereocenters. The summed E-state index contributed by atoms with van der Waals surface area (Å²) in [5.41, 5.74) is -0.173. The number of carbonyl (C=O) groups is 2. The molecule has 0 atom stereocenters. The van der Waals surface area contributed by atoms with Crippen LogP contribution in [-0.4, -0.2) is 30.1 Å². The van der Waals surface area contributed by atoms with Crippen LogP contribution in [0.15, 0.2) is 18.2 Å². The number of nitro benzene ring substituents is 1. The standard InChI is InChI=1S/C15H17NO6/c1-3-21-13(17)15(14(18)22-4-2)8-10-5-6-12(16(19)20)7-11(10)9-15/h5-7H,3-4,8-9H2,1-2H3. The van der Waals surface area contributed by atoms with Crippen LogP contribution in [0.1, 0.15) is 25.0 Å². The molecule has 0 fully saturated rings. The summed E-state index contributed by atoms with van der Waals surface area (Å²) in [6.45, 7) is 3.61. The molecule has 2 rings (SSSR count). The van der Waals surface area contributed by atoms with Crippen LogP contribution >= 0.6 is 0 Å². The van der Waals surface area contributed by atoms with Crippen molar-refractivity contribution in [2.75, 3.05) is 13.2 Å². The highest BCUT2D eigenvalue weighted by atomic mass is 16.6. The Kier molecular flexibility index (Phi) is 4.44. The molecule has 1 aromatic rings. The van der Waals surface area contributed by atoms with Crippen molar-refractivity contribution in [3.05, 3.63) is 39.4 Å². The van der Waals surface area contributed by atoms with E-state index in [2.05, 4.69) is 0 Å². The van der Waals surface area contributed by atoms with Gasteiger partial charge in [-0.3, -0.25) is 19.7 Å². The Labute approximate surface area is 127 Å². The number of nitrogens with zero attached hydrogens (tertiary/aromatic N) is 1. The molecule has 0 saturated heterocycles. The Morgan fingerprint density at radius 3 is 2.18 bits per heavy atom. The number of non-ortho nitro benzene ring substituents is 1. The van der Waals surface area contributed by atoms with Crippen LogP contribution in [0.4, 0.5) is 5.69 Å². The fourth-order valence-corrected chi connectivity index (χ4v) is 2.69. The fraction of sp³-hybridized carbons (Fsp3) is 0.467. The maximum Gasteiger partial charge on any atom is 0.324 e. The maximum atomic E-state index is 12.3. The summed E-state index contributed by atoms with van der Waals surface area (Å²) < 4.78 is 10.1. The molecule has 1 aliphatic rings. The van der Waals surface area contributed by atoms with Gasteiger partial charge in [-0.05, 0) is 31.4 Å². The molecule has 22 heavy (non-hydrogen) atoms. The molecule has 0 saturated carbocycles. The van der Waals surface area contributed by atoms with Crippen LogP contribution < -0.4 is 0 Å². The molecule has 1 aromatic carbocycles. The zero-order chi connectivity index (χ0) is 16.3. The monoisotopic (exact) mass is 307 g/mol. The van der Waals surface area contributed by atoms with Gasteiger partial charge in [0.1, 0.15) is 0 Å². The molecule has 0 aromatic heterocycles. The maximum absolute atomic E-state index is 12.3. The number of rotatable bonds is 5. The summed E-state index contributed by atoms with van der Waals surface area (Å²) in [6.07, 6.45) is 0.194. The van der Waals surface area contributed by atoms with Crippen LogP contribution in [-0.2, 0) is 31.9 Å². The first kappa shape index (κ1) is 15.9. The summed E-state index contributed by atoms with van der Waals surface area (Å²) >= 11 is 0. The minimum atomic E-state index is -1.44. The van der Waals surface area contributed by atoms with Gasteiger partial charge in [0.05, 0.1) is 18.1 Å². The summed E-state index contributed by atoms with van der Waals surface area (Å²) in [6, 6.07) is 4.34. The predicted octanol–water partition coefficient (Wildman–Crippen LogP) is 1.81. The summed E-state index contributed by atoms with van der Waals surface area (Å²) in [5, 5.41) is 10.9. The number of nitro groups is 1. The summed E-state index contributed by atoms with van der Waals surface area (Å²) in [7, 11) is 0. The van der Waals surface area contributed by atoms with E-state index in [1.165, 1.54) is 12.1 Å². The molecule has 0 radical (unpaired) electrons. The Morgan fingerprint density at radius 2 is 1.68 bits per heavy atom. The van der Waals surface area contributed by atoms with Gasteiger partial charge in [0.15, 0.2) is 5.41 Å². The second kappa shape index (κ2) is 6.13. The number of esters is 2. The van der Waals surface area contributed by atoms with E-state index in [1.54, 1.807) is 19.9 Å². The third-order valence-electron chi connectivity index (χ3n) is 3.72. The van der Waals surface area contributed by atoms with Crippen LogP contribution in [0.5, 0.6) is 0 Å². The number of hydrogen-bond donors (Lipinski definition) is 0. The topological polar surface area (TPSA) is 95.7 Å². The first-order valence-corrected chi connectivity index (χ1v) is 7.05. The zero-order valence-electron chi connectivity index (χ0n) is 12.5. The Hall–Kier alpha value is -2.44. The van der Waals surface area contributed by atoms with Gasteiger partial charge in [0.2, 0.25) is 0 Å². The van der Waals surface area contributed by atoms with Crippen LogP contribution in [0.3, 0.4) is 0 Å². The van der Waals surface area contributed by atoms with Crippen molar-refractivity contribution in [3.8, 4) is 0 Å². The molecule has 118 valence electrons. The number of carbonyl (C=O) groups excluding carboxylic acids is 2. The van der Waals surface area contributed by atoms with Crippen LogP contribution in [0, 0.1) is 15.5 Å². The third kappa shape index (κ3) is 2.66. The molecule has 0 heterocycles. The van der Waals surface area contributed by atoms with Gasteiger partial charge in [-0.1, -0.05) is 6.07 Å². The van der Waals surface area contributed by atoms with Crippen molar-refractivity contribution in [3.63, 3.8) is 0 Å². The molecule has 0 amide bonds. The second-order valence-corrected chi connectivity index (χ2v) is 5.09. The van der Waals surface area contributed by atoms with Crippen molar-refractivity contribution in [1.82, 2.24) is 0 Å². The Morgan fingerprint density at radius 1 is 1.14 bits per heavy atom. The number of benzene rings is 1. The summed E-state index contributed by atoms with van der Waals surface area (Å²) in [4.78, 5) is 35.0. The van der Waals surface area contributed by atoms with E-state index in [0.717, 1.165) is 5.56 Å². The van der Waals surface area contributed by atoms with Crippen molar-refractivity contribution in [1.29, 1.82) is 0 Å². The largest absolute Gasteiger partial charge is 0.465 e. The highest BCUT2D eigenvalue weighted by Gasteiger charge is 2.53. The SMILES string of the molecule is CCOC(=O)C1(C(=O)OCC)Cc2ccc([N+](=O)[O-])cc2C1. The quantitative estimate of drug-likeness (QED) is 0.356. The second-order valence-electron chi connectivity index (χ2n) is 5.09. The van der Waals surface area contributed by atoms with Gasteiger partial charge >= 0.3 is 11.9 Å². The first-order chi connectivity index (χ1) is 10.4. The van der Waals surface area contributed by atoms with Gasteiger partial charge in [0, 0.05) is 18.6 Å². The first-order valence-electron chi connectivity index (χ1n) is 7.05. The number of hydrogen-bond acceptors (Lipinski definition) is 6. The third-order valence-corrected chi connectivity index (χ3v) is 3.72. The number of ether oxygens (including phenoxy) is 2. The lowest BCUT2D eigenvalue weighted by Crippen LogP contribution is -2.43. The highest BCUT2D eigenvalue weighted by Crippen LogP contribution is 2.40. The minimum absolute atomic E-state index is 0.0572. The van der Waals surface area contributed by atoms with Gasteiger partial charge in [-0.2, -0.15) is 0 Å². The number of fused-ring (bicyclic) bond motifs is 1. The lowest BCUT2D eigenvalue weighted by atomic mass is 9.85. The van der Waals surface area contributed by atoms with Gasteiger partial charge < -0.3 is 9.47 Å². The molecule has 0 bridgehead atoms. The lowest BCUT2D eigenvalue weighted by Gasteiger charge is -2.23. The smallest absolute Gasteiger partial charge is 0.324 e. The molecule has 1 aliphatic carbocycles. The lowest BCUT2D eigenvalue weighted by molar-refractivity contribution is -0.384. The summed E-state index contributed by atoms with van der Waals surface area (Å²) in [5.74, 6) is -1.29. The predicted molar refractivity (Wildman–Crippen MR) is 76.2 cm³/mol. The van der Waals surface area contributed by atoms with Crippen LogP contribution in [0.2, 0.25) is 0 Å². The van der Waals surface area contributed by atoms with Crippen molar-refractivity contribution in [2.24, 2.45) is 5.41 Å². The normalized spacial score (nSPS) is 15.0. The van der Waals surface area contributed by atoms with Crippen molar-refractivity contribution in [2.45, 2.75) is 26.7 Å². The van der Waals surface area contributed by atoms with E-state index >= 15 is 0 Å². The van der Waals surface area contributed by atoms with E-state index < -0.39 is 22.3 Å². The molecule has 0 spiro atoms. The molecular formula is C15H17NO6. The molecule has 7 heteroatoms. The van der Waals surface area contributed by atoms with E-state index in [9.17, 15) is 19.7 Å². The molecule has 0 N–H and O–H groups in total. The highest BCUT2D eigenvalue weighted by molar-refractivity contribution is 6.01.